The summed E-state index contributed by atoms with van der Waals surface area (Å²) in [6, 6.07) is 32.4. The largest absolute Gasteiger partial charge is 0.272 e. The number of carbonyl (C=O) groups excluding carboxylic acids is 1. The molecule has 5 aromatic rings. The quantitative estimate of drug-likeness (QED) is 0.227. The summed E-state index contributed by atoms with van der Waals surface area (Å²) in [5, 5.41) is 16.6. The predicted molar refractivity (Wildman–Crippen MR) is 151 cm³/mol. The zero-order valence-corrected chi connectivity index (χ0v) is 22.1. The van der Waals surface area contributed by atoms with Crippen molar-refractivity contribution in [1.82, 2.24) is 20.2 Å². The van der Waals surface area contributed by atoms with Crippen molar-refractivity contribution in [1.29, 1.82) is 0 Å². The van der Waals surface area contributed by atoms with Gasteiger partial charge in [-0.3, -0.25) is 9.89 Å². The van der Waals surface area contributed by atoms with Crippen LogP contribution >= 0.6 is 27.7 Å². The number of aromatic amines is 1. The van der Waals surface area contributed by atoms with E-state index in [0.29, 0.717) is 17.4 Å². The summed E-state index contributed by atoms with van der Waals surface area (Å²) < 4.78 is 0.998. The number of hydrogen-bond donors (Lipinski definition) is 1. The highest BCUT2D eigenvalue weighted by Gasteiger charge is 2.33. The van der Waals surface area contributed by atoms with Gasteiger partial charge in [-0.2, -0.15) is 5.10 Å². The zero-order valence-electron chi connectivity index (χ0n) is 19.7. The molecule has 0 bridgehead atoms. The molecule has 0 fully saturated rings. The van der Waals surface area contributed by atoms with Crippen LogP contribution in [-0.4, -0.2) is 37.6 Å². The molecule has 1 atom stereocenters. The molecule has 1 amide bonds. The third kappa shape index (κ3) is 5.08. The molecule has 0 saturated carbocycles. The number of hydrazone groups is 1. The molecule has 1 aromatic heterocycles. The van der Waals surface area contributed by atoms with Crippen molar-refractivity contribution in [2.45, 2.75) is 17.6 Å². The molecule has 0 saturated heterocycles. The van der Waals surface area contributed by atoms with Gasteiger partial charge in [0.2, 0.25) is 5.16 Å². The summed E-state index contributed by atoms with van der Waals surface area (Å²) in [6.07, 6.45) is 0.660. The second-order valence-electron chi connectivity index (χ2n) is 8.74. The van der Waals surface area contributed by atoms with E-state index >= 15 is 0 Å². The van der Waals surface area contributed by atoms with Crippen molar-refractivity contribution in [3.8, 4) is 11.4 Å². The number of amides is 1. The van der Waals surface area contributed by atoms with Crippen LogP contribution in [0.15, 0.2) is 112 Å². The Bertz CT molecular complexity index is 1600. The van der Waals surface area contributed by atoms with Crippen LogP contribution in [-0.2, 0) is 4.79 Å². The van der Waals surface area contributed by atoms with Crippen molar-refractivity contribution in [3.05, 3.63) is 113 Å². The summed E-state index contributed by atoms with van der Waals surface area (Å²) >= 11 is 4.75. The lowest BCUT2D eigenvalue weighted by Gasteiger charge is -2.21. The summed E-state index contributed by atoms with van der Waals surface area (Å²) in [5.74, 6) is 0.780. The van der Waals surface area contributed by atoms with E-state index in [2.05, 4.69) is 73.6 Å². The maximum Gasteiger partial charge on any atom is 0.253 e. The van der Waals surface area contributed by atoms with Gasteiger partial charge in [0, 0.05) is 16.5 Å². The number of rotatable bonds is 6. The number of thioether (sulfide) groups is 1. The molecule has 1 aliphatic heterocycles. The van der Waals surface area contributed by atoms with Crippen LogP contribution in [0, 0.1) is 0 Å². The fraction of sp³-hybridized carbons (Fsp3) is 0.103. The molecule has 1 N–H and O–H groups in total. The van der Waals surface area contributed by atoms with E-state index in [9.17, 15) is 4.79 Å². The highest BCUT2D eigenvalue weighted by molar-refractivity contribution is 9.10. The average molecular weight is 569 g/mol. The molecule has 0 aliphatic carbocycles. The minimum Gasteiger partial charge on any atom is -0.272 e. The molecular formula is C29H22BrN5OS. The van der Waals surface area contributed by atoms with E-state index in [1.807, 2.05) is 54.6 Å². The van der Waals surface area contributed by atoms with E-state index in [1.165, 1.54) is 17.1 Å². The predicted octanol–water partition coefficient (Wildman–Crippen LogP) is 6.86. The second-order valence-corrected chi connectivity index (χ2v) is 10.6. The minimum atomic E-state index is -0.152. The van der Waals surface area contributed by atoms with Crippen LogP contribution < -0.4 is 0 Å². The summed E-state index contributed by atoms with van der Waals surface area (Å²) in [5.41, 5.74) is 3.95. The number of fused-ring (bicyclic) bond motifs is 1. The maximum atomic E-state index is 13.4. The van der Waals surface area contributed by atoms with E-state index in [-0.39, 0.29) is 17.7 Å². The van der Waals surface area contributed by atoms with Crippen molar-refractivity contribution < 1.29 is 4.79 Å². The lowest BCUT2D eigenvalue weighted by molar-refractivity contribution is -0.130. The second kappa shape index (κ2) is 10.3. The van der Waals surface area contributed by atoms with E-state index in [1.54, 1.807) is 5.01 Å². The lowest BCUT2D eigenvalue weighted by Crippen LogP contribution is -2.28. The highest BCUT2D eigenvalue weighted by atomic mass is 79.9. The Morgan fingerprint density at radius 3 is 2.46 bits per heavy atom. The molecule has 2 heterocycles. The number of carbonyl (C=O) groups is 1. The summed E-state index contributed by atoms with van der Waals surface area (Å²) in [4.78, 5) is 18.0. The van der Waals surface area contributed by atoms with Gasteiger partial charge < -0.3 is 0 Å². The first-order valence-corrected chi connectivity index (χ1v) is 13.7. The number of nitrogens with one attached hydrogen (secondary N) is 1. The highest BCUT2D eigenvalue weighted by Crippen LogP contribution is 2.34. The summed E-state index contributed by atoms with van der Waals surface area (Å²) in [6.45, 7) is 0. The molecular weight excluding hydrogens is 546 g/mol. The first-order chi connectivity index (χ1) is 18.1. The third-order valence-electron chi connectivity index (χ3n) is 6.34. The molecule has 0 radical (unpaired) electrons. The number of nitrogens with zero attached hydrogens (tertiary/aromatic N) is 4. The number of H-pyrrole nitrogens is 1. The van der Waals surface area contributed by atoms with Crippen LogP contribution in [0.3, 0.4) is 0 Å². The normalized spacial score (nSPS) is 15.2. The Hall–Kier alpha value is -3.75. The molecule has 37 heavy (non-hydrogen) atoms. The molecule has 1 unspecified atom stereocenters. The van der Waals surface area contributed by atoms with E-state index in [4.69, 9.17) is 5.10 Å². The smallest absolute Gasteiger partial charge is 0.253 e. The van der Waals surface area contributed by atoms with E-state index in [0.717, 1.165) is 32.3 Å². The van der Waals surface area contributed by atoms with E-state index < -0.39 is 0 Å². The average Bonchev–Trinajstić information content (AvgIpc) is 3.61. The van der Waals surface area contributed by atoms with Gasteiger partial charge in [0.25, 0.3) is 5.91 Å². The van der Waals surface area contributed by atoms with Gasteiger partial charge in [0.05, 0.1) is 17.5 Å². The van der Waals surface area contributed by atoms with Crippen LogP contribution in [0.25, 0.3) is 22.2 Å². The van der Waals surface area contributed by atoms with Gasteiger partial charge in [-0.15, -0.1) is 5.10 Å². The lowest BCUT2D eigenvalue weighted by atomic mass is 9.97. The van der Waals surface area contributed by atoms with Crippen molar-refractivity contribution >= 4 is 50.1 Å². The molecule has 1 aliphatic rings. The van der Waals surface area contributed by atoms with Gasteiger partial charge in [-0.25, -0.2) is 9.99 Å². The third-order valence-corrected chi connectivity index (χ3v) is 7.70. The molecule has 4 aromatic carbocycles. The van der Waals surface area contributed by atoms with Crippen molar-refractivity contribution in [2.24, 2.45) is 5.10 Å². The standard InChI is InChI=1S/C29H22BrN5OS/c30-24-14-12-21(13-15-24)28-31-29(33-32-28)37-18-27(36)35-26(20-7-2-1-3-8-20)17-25(34-35)23-11-10-19-6-4-5-9-22(19)16-23/h1-16,26H,17-18H2,(H,31,32,33). The number of benzene rings is 4. The molecule has 0 spiro atoms. The molecule has 182 valence electrons. The Morgan fingerprint density at radius 1 is 0.919 bits per heavy atom. The van der Waals surface area contributed by atoms with Gasteiger partial charge >= 0.3 is 0 Å². The number of hydrogen-bond acceptors (Lipinski definition) is 5. The van der Waals surface area contributed by atoms with Crippen molar-refractivity contribution in [2.75, 3.05) is 5.75 Å². The number of halogens is 1. The fourth-order valence-corrected chi connectivity index (χ4v) is 5.37. The van der Waals surface area contributed by atoms with Gasteiger partial charge in [0.15, 0.2) is 5.82 Å². The van der Waals surface area contributed by atoms with Crippen LogP contribution in [0.4, 0.5) is 0 Å². The molecule has 6 rings (SSSR count). The maximum absolute atomic E-state index is 13.4. The Morgan fingerprint density at radius 2 is 1.65 bits per heavy atom. The van der Waals surface area contributed by atoms with Crippen LogP contribution in [0.5, 0.6) is 0 Å². The SMILES string of the molecule is O=C(CSc1n[nH]c(-c2ccc(Br)cc2)n1)N1N=C(c2ccc3ccccc3c2)CC1c1ccccc1. The van der Waals surface area contributed by atoms with Crippen LogP contribution in [0.2, 0.25) is 0 Å². The first-order valence-electron chi connectivity index (χ1n) is 11.9. The fourth-order valence-electron chi connectivity index (χ4n) is 4.46. The Kier molecular flexibility index (Phi) is 6.59. The molecule has 8 heteroatoms. The van der Waals surface area contributed by atoms with Crippen LogP contribution in [0.1, 0.15) is 23.6 Å². The zero-order chi connectivity index (χ0) is 25.2. The van der Waals surface area contributed by atoms with Gasteiger partial charge in [-0.05, 0) is 40.1 Å². The van der Waals surface area contributed by atoms with Crippen molar-refractivity contribution in [3.63, 3.8) is 0 Å². The first kappa shape index (κ1) is 23.6. The number of aromatic nitrogens is 3. The monoisotopic (exact) mass is 567 g/mol. The minimum absolute atomic E-state index is 0.0790. The Labute approximate surface area is 226 Å². The molecule has 6 nitrogen and oxygen atoms in total. The summed E-state index contributed by atoms with van der Waals surface area (Å²) in [7, 11) is 0. The Balaban J connectivity index is 1.23. The van der Waals surface area contributed by atoms with Gasteiger partial charge in [-0.1, -0.05) is 107 Å². The topological polar surface area (TPSA) is 74.2 Å². The van der Waals surface area contributed by atoms with Gasteiger partial charge in [0.1, 0.15) is 0 Å².